The van der Waals surface area contributed by atoms with Crippen LogP contribution in [0.25, 0.3) is 100 Å². The van der Waals surface area contributed by atoms with Crippen molar-refractivity contribution in [2.45, 2.75) is 25.7 Å². The molecule has 352 valence electrons. The quantitative estimate of drug-likeness (QED) is 0.109. The summed E-state index contributed by atoms with van der Waals surface area (Å²) in [5.41, 5.74) is 23.1. The van der Waals surface area contributed by atoms with Gasteiger partial charge in [0.15, 0.2) is 0 Å². The van der Waals surface area contributed by atoms with E-state index in [-0.39, 0.29) is 0 Å². The second-order valence-electron chi connectivity index (χ2n) is 19.1. The van der Waals surface area contributed by atoms with Crippen molar-refractivity contribution in [3.8, 4) is 89.5 Å². The first-order valence-corrected chi connectivity index (χ1v) is 25.6. The summed E-state index contributed by atoms with van der Waals surface area (Å²) in [6.07, 6.45) is 7.41. The lowest BCUT2D eigenvalue weighted by molar-refractivity contribution is 0.931. The summed E-state index contributed by atoms with van der Waals surface area (Å²) in [6.45, 7) is 0. The molecule has 74 heavy (non-hydrogen) atoms. The molecule has 3 nitrogen and oxygen atoms in total. The highest BCUT2D eigenvalue weighted by molar-refractivity contribution is 5.98. The predicted octanol–water partition coefficient (Wildman–Crippen LogP) is 17.9. The summed E-state index contributed by atoms with van der Waals surface area (Å²) in [5.74, 6) is 0. The van der Waals surface area contributed by atoms with E-state index in [1.54, 1.807) is 0 Å². The van der Waals surface area contributed by atoms with Crippen molar-refractivity contribution in [3.05, 3.63) is 296 Å². The number of aryl methyl sites for hydroxylation is 4. The zero-order valence-electron chi connectivity index (χ0n) is 41.2. The van der Waals surface area contributed by atoms with Gasteiger partial charge >= 0.3 is 0 Å². The van der Waals surface area contributed by atoms with Gasteiger partial charge < -0.3 is 0 Å². The van der Waals surface area contributed by atoms with Crippen molar-refractivity contribution in [1.82, 2.24) is 15.0 Å². The fraction of sp³-hybridized carbons (Fsp3) is 0.0563. The van der Waals surface area contributed by atoms with Gasteiger partial charge in [-0.3, -0.25) is 9.97 Å². The number of rotatable bonds is 14. The van der Waals surface area contributed by atoms with Crippen molar-refractivity contribution in [2.75, 3.05) is 0 Å². The molecular formula is C71H53N3. The normalized spacial score (nSPS) is 11.2. The number of fused-ring (bicyclic) bond motifs is 1. The molecule has 0 aliphatic carbocycles. The fourth-order valence-corrected chi connectivity index (χ4v) is 10.3. The van der Waals surface area contributed by atoms with E-state index in [4.69, 9.17) is 4.98 Å². The third-order valence-electron chi connectivity index (χ3n) is 14.2. The molecular weight excluding hydrogens is 895 g/mol. The summed E-state index contributed by atoms with van der Waals surface area (Å²) in [6, 6.07) is 94.2. The number of pyridine rings is 3. The number of hydrogen-bond acceptors (Lipinski definition) is 3. The molecule has 0 aliphatic rings. The minimum absolute atomic E-state index is 0.919. The lowest BCUT2D eigenvalue weighted by atomic mass is 9.86. The molecule has 0 radical (unpaired) electrons. The zero-order valence-corrected chi connectivity index (χ0v) is 41.2. The Balaban J connectivity index is 0.941. The number of nitrogens with zero attached hydrogens (tertiary/aromatic N) is 3. The van der Waals surface area contributed by atoms with Gasteiger partial charge in [0.2, 0.25) is 0 Å². The Morgan fingerprint density at radius 1 is 0.243 bits per heavy atom. The Morgan fingerprint density at radius 2 is 0.716 bits per heavy atom. The van der Waals surface area contributed by atoms with Crippen molar-refractivity contribution in [2.24, 2.45) is 0 Å². The van der Waals surface area contributed by atoms with Crippen LogP contribution >= 0.6 is 0 Å². The average molecular weight is 948 g/mol. The standard InChI is InChI=1S/C71H53N3/c1-3-15-54(16-4-1)55-37-39-56(40-38-55)67-48-61(70-49-60-19-7-8-21-64(60)71(74-70)59-17-5-2-6-18-59)41-42-66(67)65-22-10-9-20-63(65)62-46-52(27-25-50-29-33-57(34-30-50)68-23-11-13-43-72-68)45-53(47-62)28-26-51-31-35-58(36-32-51)69-24-12-14-44-73-69/h1-24,29-49H,25-28H2. The van der Waals surface area contributed by atoms with Crippen molar-refractivity contribution >= 4 is 10.8 Å². The van der Waals surface area contributed by atoms with Gasteiger partial charge in [-0.05, 0) is 134 Å². The molecule has 9 aromatic carbocycles. The van der Waals surface area contributed by atoms with Crippen LogP contribution in [0.5, 0.6) is 0 Å². The van der Waals surface area contributed by atoms with Crippen LogP contribution in [0.4, 0.5) is 0 Å². The van der Waals surface area contributed by atoms with E-state index in [1.807, 2.05) is 36.7 Å². The van der Waals surface area contributed by atoms with E-state index < -0.39 is 0 Å². The van der Waals surface area contributed by atoms with E-state index >= 15 is 0 Å². The van der Waals surface area contributed by atoms with Gasteiger partial charge in [-0.15, -0.1) is 0 Å². The molecule has 0 atom stereocenters. The van der Waals surface area contributed by atoms with Gasteiger partial charge in [0.05, 0.1) is 22.8 Å². The summed E-state index contributed by atoms with van der Waals surface area (Å²) in [7, 11) is 0. The van der Waals surface area contributed by atoms with Crippen LogP contribution in [0, 0.1) is 0 Å². The first-order chi connectivity index (χ1) is 36.6. The minimum Gasteiger partial charge on any atom is -0.256 e. The smallest absolute Gasteiger partial charge is 0.0787 e. The molecule has 0 bridgehead atoms. The van der Waals surface area contributed by atoms with Crippen LogP contribution in [0.1, 0.15) is 22.3 Å². The molecule has 0 fully saturated rings. The molecule has 0 saturated heterocycles. The summed E-state index contributed by atoms with van der Waals surface area (Å²) >= 11 is 0. The molecule has 12 rings (SSSR count). The van der Waals surface area contributed by atoms with Crippen LogP contribution < -0.4 is 0 Å². The minimum atomic E-state index is 0.919. The molecule has 0 amide bonds. The van der Waals surface area contributed by atoms with E-state index in [2.05, 4.69) is 247 Å². The van der Waals surface area contributed by atoms with Gasteiger partial charge in [-0.1, -0.05) is 224 Å². The zero-order chi connectivity index (χ0) is 49.5. The van der Waals surface area contributed by atoms with Crippen LogP contribution in [-0.4, -0.2) is 15.0 Å². The highest BCUT2D eigenvalue weighted by Gasteiger charge is 2.18. The maximum Gasteiger partial charge on any atom is 0.0787 e. The molecule has 0 unspecified atom stereocenters. The van der Waals surface area contributed by atoms with Crippen LogP contribution in [0.2, 0.25) is 0 Å². The third kappa shape index (κ3) is 10.1. The Bertz CT molecular complexity index is 3730. The van der Waals surface area contributed by atoms with E-state index in [1.165, 1.54) is 61.0 Å². The van der Waals surface area contributed by atoms with E-state index in [9.17, 15) is 0 Å². The molecule has 3 aromatic heterocycles. The molecule has 0 saturated carbocycles. The monoisotopic (exact) mass is 947 g/mol. The highest BCUT2D eigenvalue weighted by atomic mass is 14.7. The van der Waals surface area contributed by atoms with Gasteiger partial charge in [0, 0.05) is 40.0 Å². The van der Waals surface area contributed by atoms with Gasteiger partial charge in [0.1, 0.15) is 0 Å². The van der Waals surface area contributed by atoms with Crippen molar-refractivity contribution in [3.63, 3.8) is 0 Å². The highest BCUT2D eigenvalue weighted by Crippen LogP contribution is 2.42. The van der Waals surface area contributed by atoms with Crippen LogP contribution in [-0.2, 0) is 25.7 Å². The Morgan fingerprint density at radius 3 is 1.32 bits per heavy atom. The number of benzene rings is 9. The third-order valence-corrected chi connectivity index (χ3v) is 14.2. The molecule has 3 heteroatoms. The second kappa shape index (κ2) is 21.2. The lowest BCUT2D eigenvalue weighted by Crippen LogP contribution is -1.98. The number of aromatic nitrogens is 3. The summed E-state index contributed by atoms with van der Waals surface area (Å²) < 4.78 is 0. The Hall–Kier alpha value is -9.31. The maximum absolute atomic E-state index is 5.43. The van der Waals surface area contributed by atoms with Gasteiger partial charge in [0.25, 0.3) is 0 Å². The van der Waals surface area contributed by atoms with E-state index in [0.717, 1.165) is 87.2 Å². The molecule has 0 N–H and O–H groups in total. The molecule has 12 aromatic rings. The second-order valence-corrected chi connectivity index (χ2v) is 19.1. The Kier molecular flexibility index (Phi) is 13.1. The lowest BCUT2D eigenvalue weighted by Gasteiger charge is -2.18. The maximum atomic E-state index is 5.43. The average Bonchev–Trinajstić information content (AvgIpc) is 3.50. The molecule has 0 spiro atoms. The number of hydrogen-bond donors (Lipinski definition) is 0. The van der Waals surface area contributed by atoms with Crippen molar-refractivity contribution in [1.29, 1.82) is 0 Å². The summed E-state index contributed by atoms with van der Waals surface area (Å²) in [4.78, 5) is 14.6. The van der Waals surface area contributed by atoms with E-state index in [0.29, 0.717) is 0 Å². The SMILES string of the molecule is c1ccc(-c2ccc(-c3cc(-c4cc5ccccc5c(-c5ccccc5)n4)ccc3-c3ccccc3-c3cc(CCc4ccc(-c5ccccn5)cc4)cc(CCc4ccc(-c5ccccn5)cc4)c3)cc2)cc1. The predicted molar refractivity (Wildman–Crippen MR) is 309 cm³/mol. The topological polar surface area (TPSA) is 38.7 Å². The summed E-state index contributed by atoms with van der Waals surface area (Å²) in [5, 5.41) is 2.31. The first kappa shape index (κ1) is 45.8. The van der Waals surface area contributed by atoms with Gasteiger partial charge in [-0.2, -0.15) is 0 Å². The van der Waals surface area contributed by atoms with Gasteiger partial charge in [-0.25, -0.2) is 4.98 Å². The Labute approximate surface area is 434 Å². The van der Waals surface area contributed by atoms with Crippen molar-refractivity contribution < 1.29 is 0 Å². The van der Waals surface area contributed by atoms with Crippen LogP contribution in [0.15, 0.2) is 273 Å². The fourth-order valence-electron chi connectivity index (χ4n) is 10.3. The molecule has 0 aliphatic heterocycles. The first-order valence-electron chi connectivity index (χ1n) is 25.6. The largest absolute Gasteiger partial charge is 0.256 e. The van der Waals surface area contributed by atoms with Crippen LogP contribution in [0.3, 0.4) is 0 Å². The molecule has 3 heterocycles.